The van der Waals surface area contributed by atoms with Gasteiger partial charge in [0.2, 0.25) is 0 Å². The second kappa shape index (κ2) is 8.06. The van der Waals surface area contributed by atoms with Crippen molar-refractivity contribution in [2.45, 2.75) is 6.04 Å². The van der Waals surface area contributed by atoms with Crippen molar-refractivity contribution in [2.75, 3.05) is 20.3 Å². The summed E-state index contributed by atoms with van der Waals surface area (Å²) in [7, 11) is 1.56. The Balaban J connectivity index is 1.89. The van der Waals surface area contributed by atoms with E-state index in [1.165, 1.54) is 12.1 Å². The lowest BCUT2D eigenvalue weighted by Crippen LogP contribution is -2.32. The van der Waals surface area contributed by atoms with Gasteiger partial charge < -0.3 is 9.64 Å². The number of halogens is 2. The molecule has 0 bridgehead atoms. The van der Waals surface area contributed by atoms with Gasteiger partial charge in [0, 0.05) is 47.0 Å². The molecule has 1 aliphatic rings. The number of amides is 1. The lowest BCUT2D eigenvalue weighted by atomic mass is 9.96. The van der Waals surface area contributed by atoms with Crippen LogP contribution in [0.3, 0.4) is 0 Å². The van der Waals surface area contributed by atoms with Crippen molar-refractivity contribution in [1.29, 1.82) is 0 Å². The van der Waals surface area contributed by atoms with Crippen molar-refractivity contribution >= 4 is 34.8 Å². The molecule has 154 valence electrons. The van der Waals surface area contributed by atoms with Crippen LogP contribution in [0.15, 0.2) is 42.5 Å². The minimum absolute atomic E-state index is 0.0640. The fourth-order valence-electron chi connectivity index (χ4n) is 3.65. The highest BCUT2D eigenvalue weighted by Crippen LogP contribution is 2.45. The predicted molar refractivity (Wildman–Crippen MR) is 112 cm³/mol. The summed E-state index contributed by atoms with van der Waals surface area (Å²) in [5, 5.41) is 19.2. The van der Waals surface area contributed by atoms with Crippen LogP contribution in [-0.2, 0) is 4.74 Å². The highest BCUT2D eigenvalue weighted by molar-refractivity contribution is 6.35. The number of rotatable bonds is 6. The average Bonchev–Trinajstić information content (AvgIpc) is 3.26. The van der Waals surface area contributed by atoms with Crippen LogP contribution in [0.25, 0.3) is 11.3 Å². The fraction of sp³-hybridized carbons (Fsp3) is 0.200. The van der Waals surface area contributed by atoms with E-state index in [1.807, 2.05) is 0 Å². The minimum Gasteiger partial charge on any atom is -0.383 e. The Morgan fingerprint density at radius 1 is 1.27 bits per heavy atom. The van der Waals surface area contributed by atoms with E-state index >= 15 is 0 Å². The molecule has 2 aromatic carbocycles. The monoisotopic (exact) mass is 446 g/mol. The molecular weight excluding hydrogens is 431 g/mol. The maximum atomic E-state index is 13.1. The Kier molecular flexibility index (Phi) is 5.46. The second-order valence-corrected chi connectivity index (χ2v) is 7.57. The number of nitrogens with one attached hydrogen (secondary N) is 1. The number of nitrogens with zero attached hydrogens (tertiary/aromatic N) is 3. The van der Waals surface area contributed by atoms with E-state index in [1.54, 1.807) is 42.3 Å². The number of nitro groups is 1. The van der Waals surface area contributed by atoms with Crippen LogP contribution >= 0.6 is 23.2 Å². The van der Waals surface area contributed by atoms with Crippen LogP contribution < -0.4 is 0 Å². The van der Waals surface area contributed by atoms with Gasteiger partial charge in [0.1, 0.15) is 5.69 Å². The molecule has 0 saturated carbocycles. The molecule has 3 aromatic rings. The summed E-state index contributed by atoms with van der Waals surface area (Å²) in [4.78, 5) is 25.5. The van der Waals surface area contributed by atoms with Crippen molar-refractivity contribution in [3.63, 3.8) is 0 Å². The van der Waals surface area contributed by atoms with Crippen molar-refractivity contribution in [3.8, 4) is 11.3 Å². The van der Waals surface area contributed by atoms with Crippen molar-refractivity contribution in [2.24, 2.45) is 0 Å². The number of carbonyl (C=O) groups is 1. The quantitative estimate of drug-likeness (QED) is 0.444. The number of carbonyl (C=O) groups excluding carboxylic acids is 1. The Morgan fingerprint density at radius 2 is 2.07 bits per heavy atom. The minimum atomic E-state index is -0.541. The molecule has 1 atom stereocenters. The van der Waals surface area contributed by atoms with Crippen LogP contribution in [-0.4, -0.2) is 46.2 Å². The Hall–Kier alpha value is -2.94. The van der Waals surface area contributed by atoms with Gasteiger partial charge in [-0.25, -0.2) is 0 Å². The van der Waals surface area contributed by atoms with Gasteiger partial charge in [0.25, 0.3) is 11.6 Å². The number of benzene rings is 2. The summed E-state index contributed by atoms with van der Waals surface area (Å²) in [6, 6.07) is 10.7. The first kappa shape index (κ1) is 20.3. The van der Waals surface area contributed by atoms with E-state index in [0.717, 1.165) is 0 Å². The highest BCUT2D eigenvalue weighted by Gasteiger charge is 2.42. The number of nitro benzene ring substituents is 1. The number of fused-ring (bicyclic) bond motifs is 1. The number of hydrogen-bond donors (Lipinski definition) is 1. The smallest absolute Gasteiger partial charge is 0.273 e. The molecule has 0 spiro atoms. The van der Waals surface area contributed by atoms with Gasteiger partial charge in [-0.3, -0.25) is 20.0 Å². The first-order chi connectivity index (χ1) is 14.4. The van der Waals surface area contributed by atoms with Crippen LogP contribution in [0, 0.1) is 10.1 Å². The maximum Gasteiger partial charge on any atom is 0.273 e. The number of aromatic amines is 1. The van der Waals surface area contributed by atoms with E-state index in [-0.39, 0.29) is 11.6 Å². The van der Waals surface area contributed by atoms with Crippen LogP contribution in [0.2, 0.25) is 10.0 Å². The standard InChI is InChI=1S/C20H16Cl2N4O4/c1-30-8-7-25-19(14-6-5-12(21)10-15(14)22)16-17(23-24-18(16)20(25)27)11-3-2-4-13(9-11)26(28)29/h2-6,9-10,19H,7-8H2,1H3,(H,23,24). The second-order valence-electron chi connectivity index (χ2n) is 6.73. The Labute approximate surface area is 181 Å². The number of ether oxygens (including phenoxy) is 1. The average molecular weight is 447 g/mol. The molecule has 2 heterocycles. The van der Waals surface area contributed by atoms with Gasteiger partial charge in [-0.15, -0.1) is 0 Å². The van der Waals surface area contributed by atoms with Gasteiger partial charge in [0.15, 0.2) is 0 Å². The zero-order valence-electron chi connectivity index (χ0n) is 15.8. The summed E-state index contributed by atoms with van der Waals surface area (Å²) < 4.78 is 5.17. The number of methoxy groups -OCH3 is 1. The third-order valence-corrected chi connectivity index (χ3v) is 5.55. The molecule has 1 unspecified atom stereocenters. The number of H-pyrrole nitrogens is 1. The SMILES string of the molecule is COCCN1C(=O)c2[nH]nc(-c3cccc([N+](=O)[O-])c3)c2C1c1ccc(Cl)cc1Cl. The third-order valence-electron chi connectivity index (χ3n) is 4.99. The Bertz CT molecular complexity index is 1150. The van der Waals surface area contributed by atoms with E-state index in [9.17, 15) is 14.9 Å². The van der Waals surface area contributed by atoms with Gasteiger partial charge in [-0.2, -0.15) is 5.10 Å². The molecule has 1 amide bonds. The zero-order chi connectivity index (χ0) is 21.4. The van der Waals surface area contributed by atoms with Crippen molar-refractivity contribution < 1.29 is 14.5 Å². The molecular formula is C20H16Cl2N4O4. The molecule has 30 heavy (non-hydrogen) atoms. The van der Waals surface area contributed by atoms with E-state index in [4.69, 9.17) is 27.9 Å². The summed E-state index contributed by atoms with van der Waals surface area (Å²) in [5.41, 5.74) is 2.53. The molecule has 0 radical (unpaired) electrons. The number of hydrogen-bond acceptors (Lipinski definition) is 5. The van der Waals surface area contributed by atoms with Gasteiger partial charge in [-0.05, 0) is 17.7 Å². The zero-order valence-corrected chi connectivity index (χ0v) is 17.3. The van der Waals surface area contributed by atoms with E-state index in [0.29, 0.717) is 51.3 Å². The van der Waals surface area contributed by atoms with Gasteiger partial charge >= 0.3 is 0 Å². The van der Waals surface area contributed by atoms with Gasteiger partial charge in [-0.1, -0.05) is 41.4 Å². The molecule has 8 nitrogen and oxygen atoms in total. The molecule has 4 rings (SSSR count). The van der Waals surface area contributed by atoms with Crippen molar-refractivity contribution in [3.05, 3.63) is 79.4 Å². The lowest BCUT2D eigenvalue weighted by molar-refractivity contribution is -0.384. The number of non-ortho nitro benzene ring substituents is 1. The molecule has 0 aliphatic carbocycles. The summed E-state index contributed by atoms with van der Waals surface area (Å²) >= 11 is 12.5. The van der Waals surface area contributed by atoms with E-state index in [2.05, 4.69) is 10.2 Å². The van der Waals surface area contributed by atoms with Gasteiger partial charge in [0.05, 0.1) is 23.3 Å². The first-order valence-corrected chi connectivity index (χ1v) is 9.76. The molecule has 0 fully saturated rings. The fourth-order valence-corrected chi connectivity index (χ4v) is 4.16. The predicted octanol–water partition coefficient (Wildman–Crippen LogP) is 4.48. The van der Waals surface area contributed by atoms with E-state index < -0.39 is 11.0 Å². The molecule has 0 saturated heterocycles. The van der Waals surface area contributed by atoms with Crippen molar-refractivity contribution in [1.82, 2.24) is 15.1 Å². The largest absolute Gasteiger partial charge is 0.383 e. The van der Waals surface area contributed by atoms with Crippen LogP contribution in [0.4, 0.5) is 5.69 Å². The highest BCUT2D eigenvalue weighted by atomic mass is 35.5. The number of aromatic nitrogens is 2. The topological polar surface area (TPSA) is 101 Å². The maximum absolute atomic E-state index is 13.1. The molecule has 1 N–H and O–H groups in total. The molecule has 1 aromatic heterocycles. The molecule has 1 aliphatic heterocycles. The summed E-state index contributed by atoms with van der Waals surface area (Å²) in [5.74, 6) is -0.248. The first-order valence-electron chi connectivity index (χ1n) is 9.00. The van der Waals surface area contributed by atoms with Crippen LogP contribution in [0.1, 0.15) is 27.7 Å². The Morgan fingerprint density at radius 3 is 2.77 bits per heavy atom. The van der Waals surface area contributed by atoms with Crippen LogP contribution in [0.5, 0.6) is 0 Å². The lowest BCUT2D eigenvalue weighted by Gasteiger charge is -2.26. The normalized spacial score (nSPS) is 15.5. The molecule has 10 heteroatoms. The third kappa shape index (κ3) is 3.43. The summed E-state index contributed by atoms with van der Waals surface area (Å²) in [6.45, 7) is 0.660. The summed E-state index contributed by atoms with van der Waals surface area (Å²) in [6.07, 6.45) is 0.